The normalized spacial score (nSPS) is 15.8. The molecule has 0 radical (unpaired) electrons. The average Bonchev–Trinajstić information content (AvgIpc) is 2.95. The number of amides is 1. The van der Waals surface area contributed by atoms with Crippen molar-refractivity contribution in [2.75, 3.05) is 13.2 Å². The summed E-state index contributed by atoms with van der Waals surface area (Å²) >= 11 is 0. The molecular formula is C17H18N2O3. The molecule has 0 saturated heterocycles. The molecule has 5 nitrogen and oxygen atoms in total. The molecule has 3 rings (SSSR count). The van der Waals surface area contributed by atoms with E-state index < -0.39 is 0 Å². The number of fused-ring (bicyclic) bond motifs is 1. The number of ether oxygens (including phenoxy) is 2. The van der Waals surface area contributed by atoms with Gasteiger partial charge in [-0.25, -0.2) is 0 Å². The van der Waals surface area contributed by atoms with Crippen molar-refractivity contribution in [2.24, 2.45) is 0 Å². The first-order chi connectivity index (χ1) is 10.7. The Bertz CT molecular complexity index is 630. The number of benzene rings is 1. The molecule has 1 atom stereocenters. The maximum atomic E-state index is 11.8. The Morgan fingerprint density at radius 3 is 3.00 bits per heavy atom. The molecule has 1 amide bonds. The molecule has 0 bridgehead atoms. The number of pyridine rings is 1. The van der Waals surface area contributed by atoms with Crippen LogP contribution in [0.4, 0.5) is 0 Å². The standard InChI is InChI=1S/C17H18N2O3/c1-12-6-7-14(9-18-12)21-11-17(20)19-10-15-8-13-4-2-3-5-16(13)22-15/h2-7,9,15H,8,10-11H2,1H3,(H,19,20)/t15-/m0/s1. The minimum Gasteiger partial charge on any atom is -0.488 e. The highest BCUT2D eigenvalue weighted by Crippen LogP contribution is 2.27. The van der Waals surface area contributed by atoms with Crippen LogP contribution < -0.4 is 14.8 Å². The van der Waals surface area contributed by atoms with E-state index in [1.165, 1.54) is 5.56 Å². The second-order valence-corrected chi connectivity index (χ2v) is 5.28. The van der Waals surface area contributed by atoms with Crippen LogP contribution in [0.25, 0.3) is 0 Å². The molecule has 1 aliphatic rings. The molecule has 0 aliphatic carbocycles. The van der Waals surface area contributed by atoms with Crippen molar-refractivity contribution in [1.29, 1.82) is 0 Å². The van der Waals surface area contributed by atoms with Gasteiger partial charge in [-0.1, -0.05) is 18.2 Å². The lowest BCUT2D eigenvalue weighted by molar-refractivity contribution is -0.123. The van der Waals surface area contributed by atoms with Crippen LogP contribution in [0.15, 0.2) is 42.6 Å². The quantitative estimate of drug-likeness (QED) is 0.915. The van der Waals surface area contributed by atoms with Crippen molar-refractivity contribution in [1.82, 2.24) is 10.3 Å². The van der Waals surface area contributed by atoms with Crippen molar-refractivity contribution < 1.29 is 14.3 Å². The van der Waals surface area contributed by atoms with E-state index in [1.807, 2.05) is 37.3 Å². The molecule has 1 aromatic heterocycles. The minimum absolute atomic E-state index is 0.0117. The molecule has 1 aliphatic heterocycles. The van der Waals surface area contributed by atoms with Gasteiger partial charge in [-0.2, -0.15) is 0 Å². The van der Waals surface area contributed by atoms with Gasteiger partial charge >= 0.3 is 0 Å². The Morgan fingerprint density at radius 2 is 2.23 bits per heavy atom. The second-order valence-electron chi connectivity index (χ2n) is 5.28. The zero-order chi connectivity index (χ0) is 15.4. The van der Waals surface area contributed by atoms with Gasteiger partial charge in [0, 0.05) is 12.1 Å². The van der Waals surface area contributed by atoms with Crippen molar-refractivity contribution >= 4 is 5.91 Å². The summed E-state index contributed by atoms with van der Waals surface area (Å²) in [6, 6.07) is 11.6. The number of carbonyl (C=O) groups is 1. The first kappa shape index (κ1) is 14.4. The lowest BCUT2D eigenvalue weighted by Gasteiger charge is -2.12. The van der Waals surface area contributed by atoms with Gasteiger partial charge in [-0.3, -0.25) is 9.78 Å². The van der Waals surface area contributed by atoms with Crippen LogP contribution in [0, 0.1) is 6.92 Å². The predicted octanol–water partition coefficient (Wildman–Crippen LogP) is 1.89. The summed E-state index contributed by atoms with van der Waals surface area (Å²) in [4.78, 5) is 15.9. The van der Waals surface area contributed by atoms with Crippen LogP contribution in [0.1, 0.15) is 11.3 Å². The molecule has 2 aromatic rings. The maximum absolute atomic E-state index is 11.8. The molecule has 1 N–H and O–H groups in total. The fourth-order valence-electron chi connectivity index (χ4n) is 2.33. The summed E-state index contributed by atoms with van der Waals surface area (Å²) in [5, 5.41) is 2.83. The zero-order valence-electron chi connectivity index (χ0n) is 12.4. The number of carbonyl (C=O) groups excluding carboxylic acids is 1. The Morgan fingerprint density at radius 1 is 1.36 bits per heavy atom. The van der Waals surface area contributed by atoms with Gasteiger partial charge in [0.25, 0.3) is 5.91 Å². The lowest BCUT2D eigenvalue weighted by atomic mass is 10.1. The third-order valence-electron chi connectivity index (χ3n) is 3.49. The van der Waals surface area contributed by atoms with Crippen LogP contribution in [0.5, 0.6) is 11.5 Å². The van der Waals surface area contributed by atoms with Crippen LogP contribution in [-0.4, -0.2) is 30.1 Å². The van der Waals surface area contributed by atoms with Crippen molar-refractivity contribution in [3.63, 3.8) is 0 Å². The van der Waals surface area contributed by atoms with Crippen LogP contribution in [0.2, 0.25) is 0 Å². The third-order valence-corrected chi connectivity index (χ3v) is 3.49. The van der Waals surface area contributed by atoms with E-state index in [0.29, 0.717) is 12.3 Å². The Balaban J connectivity index is 1.41. The molecule has 1 aromatic carbocycles. The van der Waals surface area contributed by atoms with Gasteiger partial charge in [-0.05, 0) is 30.7 Å². The highest BCUT2D eigenvalue weighted by atomic mass is 16.5. The highest BCUT2D eigenvalue weighted by Gasteiger charge is 2.22. The SMILES string of the molecule is Cc1ccc(OCC(=O)NC[C@@H]2Cc3ccccc3O2)cn1. The van der Waals surface area contributed by atoms with Gasteiger partial charge in [0.1, 0.15) is 17.6 Å². The van der Waals surface area contributed by atoms with Crippen molar-refractivity contribution in [2.45, 2.75) is 19.4 Å². The number of aryl methyl sites for hydroxylation is 1. The molecule has 0 saturated carbocycles. The van der Waals surface area contributed by atoms with Gasteiger partial charge in [0.05, 0.1) is 12.7 Å². The van der Waals surface area contributed by atoms with E-state index in [9.17, 15) is 4.79 Å². The fraction of sp³-hybridized carbons (Fsp3) is 0.294. The van der Waals surface area contributed by atoms with Gasteiger partial charge in [-0.15, -0.1) is 0 Å². The number of nitrogens with zero attached hydrogens (tertiary/aromatic N) is 1. The van der Waals surface area contributed by atoms with Gasteiger partial charge in [0.2, 0.25) is 0 Å². The van der Waals surface area contributed by atoms with E-state index in [4.69, 9.17) is 9.47 Å². The predicted molar refractivity (Wildman–Crippen MR) is 82.0 cm³/mol. The van der Waals surface area contributed by atoms with Crippen molar-refractivity contribution in [3.05, 3.63) is 53.9 Å². The summed E-state index contributed by atoms with van der Waals surface area (Å²) in [5.41, 5.74) is 2.10. The fourth-order valence-corrected chi connectivity index (χ4v) is 2.33. The summed E-state index contributed by atoms with van der Waals surface area (Å²) in [6.45, 7) is 2.35. The Hall–Kier alpha value is -2.56. The third kappa shape index (κ3) is 3.55. The van der Waals surface area contributed by atoms with Gasteiger partial charge in [0.15, 0.2) is 6.61 Å². The topological polar surface area (TPSA) is 60.5 Å². The monoisotopic (exact) mass is 298 g/mol. The Labute approximate surface area is 129 Å². The second kappa shape index (κ2) is 6.47. The van der Waals surface area contributed by atoms with E-state index in [2.05, 4.69) is 10.3 Å². The minimum atomic E-state index is -0.167. The number of nitrogens with one attached hydrogen (secondary N) is 1. The summed E-state index contributed by atoms with van der Waals surface area (Å²) in [6.07, 6.45) is 2.42. The number of para-hydroxylation sites is 1. The lowest BCUT2D eigenvalue weighted by Crippen LogP contribution is -2.37. The number of hydrogen-bond donors (Lipinski definition) is 1. The van der Waals surface area contributed by atoms with E-state index in [0.717, 1.165) is 17.9 Å². The number of aromatic nitrogens is 1. The molecular weight excluding hydrogens is 280 g/mol. The molecule has 0 fully saturated rings. The smallest absolute Gasteiger partial charge is 0.258 e. The van der Waals surface area contributed by atoms with Crippen LogP contribution in [0.3, 0.4) is 0 Å². The summed E-state index contributed by atoms with van der Waals surface area (Å²) < 4.78 is 11.2. The molecule has 0 unspecified atom stereocenters. The summed E-state index contributed by atoms with van der Waals surface area (Å²) in [5.74, 6) is 1.33. The molecule has 22 heavy (non-hydrogen) atoms. The van der Waals surface area contributed by atoms with E-state index in [-0.39, 0.29) is 18.6 Å². The largest absolute Gasteiger partial charge is 0.488 e. The zero-order valence-corrected chi connectivity index (χ0v) is 12.4. The number of hydrogen-bond acceptors (Lipinski definition) is 4. The Kier molecular flexibility index (Phi) is 4.23. The van der Waals surface area contributed by atoms with E-state index in [1.54, 1.807) is 12.3 Å². The molecule has 0 spiro atoms. The maximum Gasteiger partial charge on any atom is 0.258 e. The molecule has 2 heterocycles. The van der Waals surface area contributed by atoms with E-state index >= 15 is 0 Å². The molecule has 114 valence electrons. The summed E-state index contributed by atoms with van der Waals surface area (Å²) in [7, 11) is 0. The molecule has 5 heteroatoms. The van der Waals surface area contributed by atoms with Crippen LogP contribution >= 0.6 is 0 Å². The average molecular weight is 298 g/mol. The highest BCUT2D eigenvalue weighted by molar-refractivity contribution is 5.77. The van der Waals surface area contributed by atoms with Crippen LogP contribution in [-0.2, 0) is 11.2 Å². The van der Waals surface area contributed by atoms with Crippen molar-refractivity contribution in [3.8, 4) is 11.5 Å². The number of rotatable bonds is 5. The first-order valence-corrected chi connectivity index (χ1v) is 7.27. The van der Waals surface area contributed by atoms with Gasteiger partial charge < -0.3 is 14.8 Å². The first-order valence-electron chi connectivity index (χ1n) is 7.27.